The molecule has 3 rings (SSSR count). The standard InChI is InChI=1S/C11H9ClN4S/c1-7(12)11-13-14-15-16(11)9-2-3-10-8(6-9)4-5-17-10/h2-7H,1H3. The highest BCUT2D eigenvalue weighted by atomic mass is 35.5. The second kappa shape index (κ2) is 4.09. The van der Waals surface area contributed by atoms with Gasteiger partial charge in [0.15, 0.2) is 5.82 Å². The summed E-state index contributed by atoms with van der Waals surface area (Å²) < 4.78 is 2.93. The molecular weight excluding hydrogens is 256 g/mol. The molecule has 1 atom stereocenters. The van der Waals surface area contributed by atoms with Crippen molar-refractivity contribution in [3.05, 3.63) is 35.5 Å². The zero-order valence-corrected chi connectivity index (χ0v) is 10.6. The molecule has 0 aliphatic rings. The van der Waals surface area contributed by atoms with Crippen molar-refractivity contribution in [1.29, 1.82) is 0 Å². The van der Waals surface area contributed by atoms with Crippen LogP contribution < -0.4 is 0 Å². The minimum atomic E-state index is -0.219. The predicted molar refractivity (Wildman–Crippen MR) is 68.8 cm³/mol. The lowest BCUT2D eigenvalue weighted by Crippen LogP contribution is -2.03. The predicted octanol–water partition coefficient (Wildman–Crippen LogP) is 3.18. The molecule has 0 amide bonds. The van der Waals surface area contributed by atoms with E-state index in [0.29, 0.717) is 5.82 Å². The maximum Gasteiger partial charge on any atom is 0.174 e. The van der Waals surface area contributed by atoms with Gasteiger partial charge in [-0.2, -0.15) is 4.68 Å². The third-order valence-electron chi connectivity index (χ3n) is 2.53. The maximum atomic E-state index is 6.04. The average Bonchev–Trinajstić information content (AvgIpc) is 2.96. The van der Waals surface area contributed by atoms with E-state index in [0.717, 1.165) is 5.69 Å². The van der Waals surface area contributed by atoms with Gasteiger partial charge in [-0.15, -0.1) is 28.0 Å². The van der Waals surface area contributed by atoms with Crippen LogP contribution in [-0.4, -0.2) is 20.2 Å². The van der Waals surface area contributed by atoms with Gasteiger partial charge in [-0.05, 0) is 52.4 Å². The molecule has 0 aliphatic heterocycles. The summed E-state index contributed by atoms with van der Waals surface area (Å²) in [7, 11) is 0. The van der Waals surface area contributed by atoms with Crippen molar-refractivity contribution in [3.63, 3.8) is 0 Å². The Labute approximate surface area is 107 Å². The van der Waals surface area contributed by atoms with Crippen LogP contribution in [0, 0.1) is 0 Å². The fourth-order valence-corrected chi connectivity index (χ4v) is 2.62. The molecule has 3 aromatic rings. The Hall–Kier alpha value is -1.46. The lowest BCUT2D eigenvalue weighted by Gasteiger charge is -2.05. The van der Waals surface area contributed by atoms with Crippen LogP contribution in [0.1, 0.15) is 18.1 Å². The Morgan fingerprint density at radius 1 is 1.35 bits per heavy atom. The van der Waals surface area contributed by atoms with E-state index in [1.165, 1.54) is 10.1 Å². The molecule has 0 saturated heterocycles. The van der Waals surface area contributed by atoms with Crippen LogP contribution in [0.3, 0.4) is 0 Å². The molecule has 0 saturated carbocycles. The SMILES string of the molecule is CC(Cl)c1nnnn1-c1ccc2sccc2c1. The van der Waals surface area contributed by atoms with Gasteiger partial charge in [0.05, 0.1) is 11.1 Å². The normalized spacial score (nSPS) is 13.1. The van der Waals surface area contributed by atoms with Crippen LogP contribution >= 0.6 is 22.9 Å². The first kappa shape index (κ1) is 10.7. The summed E-state index contributed by atoms with van der Waals surface area (Å²) >= 11 is 7.75. The second-order valence-electron chi connectivity index (χ2n) is 3.71. The van der Waals surface area contributed by atoms with E-state index >= 15 is 0 Å². The molecule has 0 aliphatic carbocycles. The highest BCUT2D eigenvalue weighted by molar-refractivity contribution is 7.17. The van der Waals surface area contributed by atoms with Crippen LogP contribution in [0.2, 0.25) is 0 Å². The lowest BCUT2D eigenvalue weighted by molar-refractivity contribution is 0.761. The van der Waals surface area contributed by atoms with Crippen LogP contribution in [0.5, 0.6) is 0 Å². The molecule has 1 unspecified atom stereocenters. The van der Waals surface area contributed by atoms with Crippen molar-refractivity contribution < 1.29 is 0 Å². The molecule has 2 heterocycles. The van der Waals surface area contributed by atoms with E-state index in [4.69, 9.17) is 11.6 Å². The first-order valence-electron chi connectivity index (χ1n) is 5.15. The van der Waals surface area contributed by atoms with Crippen LogP contribution in [0.25, 0.3) is 15.8 Å². The molecule has 6 heteroatoms. The number of hydrogen-bond acceptors (Lipinski definition) is 4. The monoisotopic (exact) mass is 264 g/mol. The number of alkyl halides is 1. The molecule has 0 radical (unpaired) electrons. The number of tetrazole rings is 1. The smallest absolute Gasteiger partial charge is 0.174 e. The molecule has 86 valence electrons. The molecule has 0 N–H and O–H groups in total. The van der Waals surface area contributed by atoms with Crippen molar-refractivity contribution in [3.8, 4) is 5.69 Å². The maximum absolute atomic E-state index is 6.04. The quantitative estimate of drug-likeness (QED) is 0.668. The highest BCUT2D eigenvalue weighted by Crippen LogP contribution is 2.25. The molecule has 4 nitrogen and oxygen atoms in total. The zero-order valence-electron chi connectivity index (χ0n) is 9.04. The summed E-state index contributed by atoms with van der Waals surface area (Å²) in [6.45, 7) is 1.85. The highest BCUT2D eigenvalue weighted by Gasteiger charge is 2.13. The molecular formula is C11H9ClN4S. The van der Waals surface area contributed by atoms with Gasteiger partial charge in [-0.1, -0.05) is 0 Å². The van der Waals surface area contributed by atoms with Gasteiger partial charge in [0.1, 0.15) is 0 Å². The van der Waals surface area contributed by atoms with Crippen LogP contribution in [-0.2, 0) is 0 Å². The number of thiophene rings is 1. The third-order valence-corrected chi connectivity index (χ3v) is 3.62. The fourth-order valence-electron chi connectivity index (χ4n) is 1.71. The Balaban J connectivity index is 2.16. The number of aromatic nitrogens is 4. The average molecular weight is 265 g/mol. The largest absolute Gasteiger partial charge is 0.196 e. The number of halogens is 1. The number of benzene rings is 1. The van der Waals surface area contributed by atoms with Gasteiger partial charge in [-0.25, -0.2) is 0 Å². The summed E-state index contributed by atoms with van der Waals surface area (Å²) in [6, 6.07) is 8.21. The summed E-state index contributed by atoms with van der Waals surface area (Å²) in [5.74, 6) is 0.654. The van der Waals surface area contributed by atoms with Gasteiger partial charge in [0.2, 0.25) is 0 Å². The Morgan fingerprint density at radius 3 is 3.06 bits per heavy atom. The van der Waals surface area contributed by atoms with Gasteiger partial charge >= 0.3 is 0 Å². The summed E-state index contributed by atoms with van der Waals surface area (Å²) in [4.78, 5) is 0. The third kappa shape index (κ3) is 1.81. The first-order valence-corrected chi connectivity index (χ1v) is 6.47. The van der Waals surface area contributed by atoms with E-state index in [9.17, 15) is 0 Å². The first-order chi connectivity index (χ1) is 8.25. The number of fused-ring (bicyclic) bond motifs is 1. The van der Waals surface area contributed by atoms with E-state index < -0.39 is 0 Å². The second-order valence-corrected chi connectivity index (χ2v) is 5.31. The molecule has 17 heavy (non-hydrogen) atoms. The van der Waals surface area contributed by atoms with Crippen LogP contribution in [0.4, 0.5) is 0 Å². The fraction of sp³-hybridized carbons (Fsp3) is 0.182. The molecule has 2 aromatic heterocycles. The summed E-state index contributed by atoms with van der Waals surface area (Å²) in [5, 5.41) is 14.6. The molecule has 0 fully saturated rings. The van der Waals surface area contributed by atoms with E-state index in [-0.39, 0.29) is 5.38 Å². The Kier molecular flexibility index (Phi) is 2.57. The van der Waals surface area contributed by atoms with Crippen molar-refractivity contribution in [1.82, 2.24) is 20.2 Å². The van der Waals surface area contributed by atoms with Gasteiger partial charge in [0, 0.05) is 4.70 Å². The van der Waals surface area contributed by atoms with Gasteiger partial charge in [-0.3, -0.25) is 0 Å². The zero-order chi connectivity index (χ0) is 11.8. The molecule has 0 spiro atoms. The minimum Gasteiger partial charge on any atom is -0.196 e. The summed E-state index contributed by atoms with van der Waals surface area (Å²) in [6.07, 6.45) is 0. The number of nitrogens with zero attached hydrogens (tertiary/aromatic N) is 4. The number of rotatable bonds is 2. The number of hydrogen-bond donors (Lipinski definition) is 0. The Morgan fingerprint density at radius 2 is 2.24 bits per heavy atom. The van der Waals surface area contributed by atoms with Crippen molar-refractivity contribution >= 4 is 33.0 Å². The van der Waals surface area contributed by atoms with E-state index in [1.807, 2.05) is 13.0 Å². The van der Waals surface area contributed by atoms with Crippen molar-refractivity contribution in [2.24, 2.45) is 0 Å². The topological polar surface area (TPSA) is 43.6 Å². The van der Waals surface area contributed by atoms with E-state index in [1.54, 1.807) is 16.0 Å². The Bertz CT molecular complexity index is 658. The van der Waals surface area contributed by atoms with Crippen molar-refractivity contribution in [2.75, 3.05) is 0 Å². The molecule has 1 aromatic carbocycles. The van der Waals surface area contributed by atoms with Crippen LogP contribution in [0.15, 0.2) is 29.6 Å². The van der Waals surface area contributed by atoms with Gasteiger partial charge < -0.3 is 0 Å². The van der Waals surface area contributed by atoms with Crippen molar-refractivity contribution in [2.45, 2.75) is 12.3 Å². The molecule has 0 bridgehead atoms. The minimum absolute atomic E-state index is 0.219. The van der Waals surface area contributed by atoms with Gasteiger partial charge in [0.25, 0.3) is 0 Å². The van der Waals surface area contributed by atoms with E-state index in [2.05, 4.69) is 39.1 Å². The summed E-state index contributed by atoms with van der Waals surface area (Å²) in [5.41, 5.74) is 0.934. The lowest BCUT2D eigenvalue weighted by atomic mass is 10.2.